The number of hydrogen-bond acceptors (Lipinski definition) is 5. The Kier molecular flexibility index (Phi) is 4.20. The first-order valence-electron chi connectivity index (χ1n) is 7.10. The van der Waals surface area contributed by atoms with Gasteiger partial charge in [0.1, 0.15) is 5.84 Å². The number of pyridine rings is 1. The zero-order valence-electron chi connectivity index (χ0n) is 13.1. The van der Waals surface area contributed by atoms with Crippen LogP contribution in [0.4, 0.5) is 5.69 Å². The van der Waals surface area contributed by atoms with Gasteiger partial charge in [-0.1, -0.05) is 0 Å². The molecule has 0 saturated carbocycles. The molecule has 6 nitrogen and oxygen atoms in total. The first-order valence-corrected chi connectivity index (χ1v) is 7.10. The van der Waals surface area contributed by atoms with Crippen LogP contribution in [-0.2, 0) is 4.74 Å². The van der Waals surface area contributed by atoms with Crippen LogP contribution < -0.4 is 10.6 Å². The van der Waals surface area contributed by atoms with Crippen molar-refractivity contribution in [3.63, 3.8) is 0 Å². The van der Waals surface area contributed by atoms with E-state index in [1.165, 1.54) is 0 Å². The van der Waals surface area contributed by atoms with Crippen molar-refractivity contribution in [3.05, 3.63) is 23.0 Å². The fourth-order valence-corrected chi connectivity index (χ4v) is 2.96. The van der Waals surface area contributed by atoms with Crippen LogP contribution in [-0.4, -0.2) is 47.3 Å². The third-order valence-corrected chi connectivity index (χ3v) is 3.60. The molecule has 0 aromatic carbocycles. The number of nitrogens with two attached hydrogens (primary N) is 1. The number of morpholine rings is 1. The highest BCUT2D eigenvalue weighted by Gasteiger charge is 2.34. The molecule has 1 unspecified atom stereocenters. The van der Waals surface area contributed by atoms with Crippen molar-refractivity contribution in [3.8, 4) is 0 Å². The monoisotopic (exact) mass is 292 g/mol. The first kappa shape index (κ1) is 15.7. The molecule has 2 heterocycles. The number of aliphatic hydroxyl groups is 1. The number of ether oxygens (including phenoxy) is 1. The van der Waals surface area contributed by atoms with Gasteiger partial charge in [-0.15, -0.1) is 0 Å². The maximum Gasteiger partial charge on any atom is 0.126 e. The molecule has 1 aromatic rings. The average Bonchev–Trinajstić information content (AvgIpc) is 2.35. The summed E-state index contributed by atoms with van der Waals surface area (Å²) in [7, 11) is 0. The zero-order valence-corrected chi connectivity index (χ0v) is 13.1. The van der Waals surface area contributed by atoms with E-state index in [2.05, 4.69) is 9.88 Å². The number of nitrogens with zero attached hydrogens (tertiary/aromatic N) is 2. The number of nitrogen functional groups attached to an aromatic ring is 1. The predicted octanol–water partition coefficient (Wildman–Crippen LogP) is 0.959. The summed E-state index contributed by atoms with van der Waals surface area (Å²) in [5, 5.41) is 17.3. The first-order chi connectivity index (χ1) is 9.73. The van der Waals surface area contributed by atoms with E-state index in [0.717, 1.165) is 17.1 Å². The minimum absolute atomic E-state index is 0.0137. The molecule has 21 heavy (non-hydrogen) atoms. The fraction of sp³-hybridized carbons (Fsp3) is 0.600. The molecule has 1 aliphatic rings. The summed E-state index contributed by atoms with van der Waals surface area (Å²) in [5.74, 6) is 0.0137. The van der Waals surface area contributed by atoms with Gasteiger partial charge in [0.15, 0.2) is 0 Å². The summed E-state index contributed by atoms with van der Waals surface area (Å²) >= 11 is 0. The molecule has 0 spiro atoms. The van der Waals surface area contributed by atoms with Crippen LogP contribution in [0.15, 0.2) is 6.07 Å². The van der Waals surface area contributed by atoms with Gasteiger partial charge >= 0.3 is 0 Å². The summed E-state index contributed by atoms with van der Waals surface area (Å²) in [6, 6.07) is 1.94. The number of aryl methyl sites for hydroxylation is 2. The molecular weight excluding hydrogens is 268 g/mol. The Hall–Kier alpha value is -1.66. The normalized spacial score (nSPS) is 21.4. The Morgan fingerprint density at radius 3 is 2.81 bits per heavy atom. The number of nitrogens with one attached hydrogen (secondary N) is 1. The molecular formula is C15H24N4O2. The van der Waals surface area contributed by atoms with E-state index in [0.29, 0.717) is 18.7 Å². The Bertz CT molecular complexity index is 557. The number of hydrogen-bond donors (Lipinski definition) is 3. The Labute approximate surface area is 125 Å². The summed E-state index contributed by atoms with van der Waals surface area (Å²) in [4.78, 5) is 6.53. The maximum absolute atomic E-state index is 9.44. The van der Waals surface area contributed by atoms with Gasteiger partial charge in [0, 0.05) is 18.8 Å². The number of aromatic nitrogens is 1. The highest BCUT2D eigenvalue weighted by molar-refractivity contribution is 6.01. The van der Waals surface area contributed by atoms with E-state index >= 15 is 0 Å². The van der Waals surface area contributed by atoms with Crippen LogP contribution in [0.25, 0.3) is 0 Å². The number of anilines is 1. The average molecular weight is 292 g/mol. The van der Waals surface area contributed by atoms with Gasteiger partial charge in [0.05, 0.1) is 35.3 Å². The van der Waals surface area contributed by atoms with E-state index in [9.17, 15) is 5.11 Å². The molecule has 116 valence electrons. The van der Waals surface area contributed by atoms with Crippen LogP contribution in [0.1, 0.15) is 30.8 Å². The molecule has 0 aliphatic carbocycles. The minimum Gasteiger partial charge on any atom is -0.394 e. The molecule has 1 aliphatic heterocycles. The topological polar surface area (TPSA) is 95.5 Å². The summed E-state index contributed by atoms with van der Waals surface area (Å²) in [5.41, 5.74) is 8.56. The van der Waals surface area contributed by atoms with Crippen LogP contribution in [0.3, 0.4) is 0 Å². The van der Waals surface area contributed by atoms with Gasteiger partial charge in [-0.05, 0) is 33.8 Å². The third-order valence-electron chi connectivity index (χ3n) is 3.60. The SMILES string of the molecule is Cc1cc(N2CC(CO)OC(C)(C)C2)c(C(=N)N)c(C)n1. The standard InChI is InChI=1S/C15H24N4O2/c1-9-5-12(13(14(16)17)10(2)18-9)19-6-11(7-20)21-15(3,4)8-19/h5,11,20H,6-8H2,1-4H3,(H3,16,17). The second kappa shape index (κ2) is 5.61. The Balaban J connectivity index is 2.47. The molecule has 0 bridgehead atoms. The van der Waals surface area contributed by atoms with Crippen LogP contribution >= 0.6 is 0 Å². The van der Waals surface area contributed by atoms with E-state index in [4.69, 9.17) is 15.9 Å². The van der Waals surface area contributed by atoms with Crippen LogP contribution in [0, 0.1) is 19.3 Å². The molecule has 1 aromatic heterocycles. The molecule has 1 saturated heterocycles. The summed E-state index contributed by atoms with van der Waals surface area (Å²) in [6.07, 6.45) is -0.248. The number of amidine groups is 1. The number of rotatable bonds is 3. The quantitative estimate of drug-likeness (QED) is 0.569. The van der Waals surface area contributed by atoms with E-state index in [1.807, 2.05) is 33.8 Å². The smallest absolute Gasteiger partial charge is 0.126 e. The van der Waals surface area contributed by atoms with Crippen molar-refractivity contribution >= 4 is 11.5 Å². The molecule has 1 fully saturated rings. The van der Waals surface area contributed by atoms with Gasteiger partial charge in [-0.25, -0.2) is 0 Å². The van der Waals surface area contributed by atoms with Gasteiger partial charge in [0.25, 0.3) is 0 Å². The predicted molar refractivity (Wildman–Crippen MR) is 83.0 cm³/mol. The van der Waals surface area contributed by atoms with Crippen molar-refractivity contribution in [1.29, 1.82) is 5.41 Å². The highest BCUT2D eigenvalue weighted by atomic mass is 16.5. The van der Waals surface area contributed by atoms with Crippen molar-refractivity contribution < 1.29 is 9.84 Å². The maximum atomic E-state index is 9.44. The molecule has 4 N–H and O–H groups in total. The molecule has 6 heteroatoms. The lowest BCUT2D eigenvalue weighted by Gasteiger charge is -2.44. The largest absolute Gasteiger partial charge is 0.394 e. The van der Waals surface area contributed by atoms with Gasteiger partial charge in [0.2, 0.25) is 0 Å². The van der Waals surface area contributed by atoms with Crippen molar-refractivity contribution in [2.45, 2.75) is 39.4 Å². The Morgan fingerprint density at radius 1 is 1.57 bits per heavy atom. The molecule has 0 radical (unpaired) electrons. The Morgan fingerprint density at radius 2 is 2.24 bits per heavy atom. The summed E-state index contributed by atoms with van der Waals surface area (Å²) in [6.45, 7) is 9.00. The zero-order chi connectivity index (χ0) is 15.8. The van der Waals surface area contributed by atoms with Gasteiger partial charge in [-0.3, -0.25) is 10.4 Å². The molecule has 1 atom stereocenters. The lowest BCUT2D eigenvalue weighted by atomic mass is 10.0. The minimum atomic E-state index is -0.370. The van der Waals surface area contributed by atoms with Gasteiger partial charge < -0.3 is 20.5 Å². The lowest BCUT2D eigenvalue weighted by molar-refractivity contribution is -0.101. The van der Waals surface area contributed by atoms with Crippen molar-refractivity contribution in [2.75, 3.05) is 24.6 Å². The highest BCUT2D eigenvalue weighted by Crippen LogP contribution is 2.30. The van der Waals surface area contributed by atoms with Crippen molar-refractivity contribution in [2.24, 2.45) is 5.73 Å². The third kappa shape index (κ3) is 3.33. The van der Waals surface area contributed by atoms with E-state index in [1.54, 1.807) is 0 Å². The summed E-state index contributed by atoms with van der Waals surface area (Å²) < 4.78 is 5.84. The van der Waals surface area contributed by atoms with Crippen LogP contribution in [0.2, 0.25) is 0 Å². The second-order valence-electron chi connectivity index (χ2n) is 6.22. The molecule has 2 rings (SSSR count). The van der Waals surface area contributed by atoms with E-state index in [-0.39, 0.29) is 24.1 Å². The van der Waals surface area contributed by atoms with Crippen LogP contribution in [0.5, 0.6) is 0 Å². The van der Waals surface area contributed by atoms with Gasteiger partial charge in [-0.2, -0.15) is 0 Å². The van der Waals surface area contributed by atoms with Crippen molar-refractivity contribution in [1.82, 2.24) is 4.98 Å². The molecule has 0 amide bonds. The second-order valence-corrected chi connectivity index (χ2v) is 6.22. The number of aliphatic hydroxyl groups excluding tert-OH is 1. The fourth-order valence-electron chi connectivity index (χ4n) is 2.96. The lowest BCUT2D eigenvalue weighted by Crippen LogP contribution is -2.54. The van der Waals surface area contributed by atoms with E-state index < -0.39 is 0 Å².